The zero-order chi connectivity index (χ0) is 18.0. The molecule has 2 aromatic rings. The van der Waals surface area contributed by atoms with E-state index < -0.39 is 11.8 Å². The van der Waals surface area contributed by atoms with Crippen LogP contribution in [0.25, 0.3) is 5.69 Å². The molecule has 0 bridgehead atoms. The molecule has 0 saturated heterocycles. The Morgan fingerprint density at radius 2 is 2.00 bits per heavy atom. The van der Waals surface area contributed by atoms with E-state index in [0.717, 1.165) is 23.4 Å². The lowest BCUT2D eigenvalue weighted by Gasteiger charge is -2.13. The Bertz CT molecular complexity index is 804. The summed E-state index contributed by atoms with van der Waals surface area (Å²) < 4.78 is 14.7. The number of thioether (sulfide) groups is 1. The van der Waals surface area contributed by atoms with Crippen LogP contribution in [0.4, 0.5) is 10.2 Å². The predicted octanol–water partition coefficient (Wildman–Crippen LogP) is 2.61. The van der Waals surface area contributed by atoms with E-state index in [1.165, 1.54) is 12.1 Å². The molecular weight excluding hydrogens is 343 g/mol. The van der Waals surface area contributed by atoms with Crippen LogP contribution in [0.3, 0.4) is 0 Å². The van der Waals surface area contributed by atoms with Crippen LogP contribution in [-0.4, -0.2) is 27.6 Å². The lowest BCUT2D eigenvalue weighted by molar-refractivity contribution is -0.136. The molecule has 2 amide bonds. The van der Waals surface area contributed by atoms with Gasteiger partial charge in [-0.15, -0.1) is 0 Å². The molecule has 2 heterocycles. The van der Waals surface area contributed by atoms with Gasteiger partial charge in [0.05, 0.1) is 11.4 Å². The van der Waals surface area contributed by atoms with Crippen molar-refractivity contribution in [1.82, 2.24) is 15.1 Å². The molecule has 0 radical (unpaired) electrons. The molecule has 1 aliphatic rings. The Labute approximate surface area is 149 Å². The van der Waals surface area contributed by atoms with Crippen molar-refractivity contribution in [2.24, 2.45) is 0 Å². The average molecular weight is 362 g/mol. The van der Waals surface area contributed by atoms with E-state index in [1.807, 2.05) is 13.8 Å². The standard InChI is InChI=1S/C17H19FN4O2S/c1-3-10(2)19-16(23)17(24)20-15-13-8-25-9-14(13)21-22(15)12-6-4-11(18)5-7-12/h4-7,10H,3,8-9H2,1-2H3,(H,19,23)(H,20,24). The fourth-order valence-electron chi connectivity index (χ4n) is 2.47. The number of nitrogens with zero attached hydrogens (tertiary/aromatic N) is 2. The second-order valence-corrected chi connectivity index (χ2v) is 6.88. The molecule has 1 aromatic heterocycles. The van der Waals surface area contributed by atoms with Gasteiger partial charge in [0.2, 0.25) is 0 Å². The zero-order valence-electron chi connectivity index (χ0n) is 14.0. The molecule has 6 nitrogen and oxygen atoms in total. The number of hydrogen-bond donors (Lipinski definition) is 2. The third-order valence-corrected chi connectivity index (χ3v) is 5.02. The molecule has 3 rings (SSSR count). The molecule has 0 saturated carbocycles. The number of aromatic nitrogens is 2. The van der Waals surface area contributed by atoms with Crippen molar-refractivity contribution < 1.29 is 14.0 Å². The molecule has 1 unspecified atom stereocenters. The molecular formula is C17H19FN4O2S. The highest BCUT2D eigenvalue weighted by molar-refractivity contribution is 7.98. The van der Waals surface area contributed by atoms with E-state index in [1.54, 1.807) is 28.6 Å². The van der Waals surface area contributed by atoms with Crippen LogP contribution in [0.15, 0.2) is 24.3 Å². The molecule has 1 aliphatic heterocycles. The minimum absolute atomic E-state index is 0.0819. The van der Waals surface area contributed by atoms with E-state index in [-0.39, 0.29) is 11.9 Å². The number of nitrogens with one attached hydrogen (secondary N) is 2. The Morgan fingerprint density at radius 1 is 1.28 bits per heavy atom. The number of benzene rings is 1. The van der Waals surface area contributed by atoms with Gasteiger partial charge in [-0.1, -0.05) is 6.92 Å². The third kappa shape index (κ3) is 3.68. The summed E-state index contributed by atoms with van der Waals surface area (Å²) in [4.78, 5) is 24.3. The fraction of sp³-hybridized carbons (Fsp3) is 0.353. The van der Waals surface area contributed by atoms with Crippen LogP contribution in [-0.2, 0) is 21.1 Å². The van der Waals surface area contributed by atoms with Crippen molar-refractivity contribution in [3.05, 3.63) is 41.3 Å². The maximum Gasteiger partial charge on any atom is 0.314 e. The molecule has 1 atom stereocenters. The number of carbonyl (C=O) groups is 2. The van der Waals surface area contributed by atoms with Gasteiger partial charge in [0.1, 0.15) is 11.6 Å². The van der Waals surface area contributed by atoms with Crippen LogP contribution in [0, 0.1) is 5.82 Å². The third-order valence-electron chi connectivity index (χ3n) is 4.05. The highest BCUT2D eigenvalue weighted by Crippen LogP contribution is 2.36. The number of rotatable bonds is 4. The molecule has 25 heavy (non-hydrogen) atoms. The minimum Gasteiger partial charge on any atom is -0.345 e. The number of carbonyl (C=O) groups excluding carboxylic acids is 2. The molecule has 0 spiro atoms. The molecule has 1 aromatic carbocycles. The number of halogens is 1. The first-order valence-electron chi connectivity index (χ1n) is 8.06. The zero-order valence-corrected chi connectivity index (χ0v) is 14.8. The number of anilines is 1. The highest BCUT2D eigenvalue weighted by atomic mass is 32.2. The first-order chi connectivity index (χ1) is 12.0. The minimum atomic E-state index is -0.733. The van der Waals surface area contributed by atoms with Gasteiger partial charge in [-0.25, -0.2) is 9.07 Å². The van der Waals surface area contributed by atoms with Gasteiger partial charge < -0.3 is 10.6 Å². The first-order valence-corrected chi connectivity index (χ1v) is 9.21. The fourth-order valence-corrected chi connectivity index (χ4v) is 3.50. The quantitative estimate of drug-likeness (QED) is 0.820. The largest absolute Gasteiger partial charge is 0.345 e. The topological polar surface area (TPSA) is 76.0 Å². The van der Waals surface area contributed by atoms with Gasteiger partial charge in [0.25, 0.3) is 0 Å². The van der Waals surface area contributed by atoms with Crippen LogP contribution in [0.2, 0.25) is 0 Å². The van der Waals surface area contributed by atoms with E-state index in [4.69, 9.17) is 0 Å². The second-order valence-electron chi connectivity index (χ2n) is 5.89. The van der Waals surface area contributed by atoms with E-state index >= 15 is 0 Å². The lowest BCUT2D eigenvalue weighted by atomic mass is 10.2. The summed E-state index contributed by atoms with van der Waals surface area (Å²) in [5, 5.41) is 9.82. The SMILES string of the molecule is CCC(C)NC(=O)C(=O)Nc1c2c(nn1-c1ccc(F)cc1)CSC2. The van der Waals surface area contributed by atoms with Gasteiger partial charge >= 0.3 is 11.8 Å². The van der Waals surface area contributed by atoms with Gasteiger partial charge in [0, 0.05) is 23.1 Å². The first kappa shape index (κ1) is 17.5. The van der Waals surface area contributed by atoms with E-state index in [0.29, 0.717) is 17.3 Å². The lowest BCUT2D eigenvalue weighted by Crippen LogP contribution is -2.40. The number of fused-ring (bicyclic) bond motifs is 1. The molecule has 0 fully saturated rings. The Hall–Kier alpha value is -2.35. The Balaban J connectivity index is 1.89. The number of amides is 2. The van der Waals surface area contributed by atoms with Gasteiger partial charge in [-0.3, -0.25) is 9.59 Å². The van der Waals surface area contributed by atoms with Gasteiger partial charge in [0.15, 0.2) is 0 Å². The van der Waals surface area contributed by atoms with Crippen LogP contribution in [0.1, 0.15) is 31.5 Å². The highest BCUT2D eigenvalue weighted by Gasteiger charge is 2.26. The smallest absolute Gasteiger partial charge is 0.314 e. The van der Waals surface area contributed by atoms with E-state index in [2.05, 4.69) is 15.7 Å². The summed E-state index contributed by atoms with van der Waals surface area (Å²) in [7, 11) is 0. The van der Waals surface area contributed by atoms with Crippen molar-refractivity contribution in [3.8, 4) is 5.69 Å². The monoisotopic (exact) mass is 362 g/mol. The van der Waals surface area contributed by atoms with Crippen molar-refractivity contribution in [3.63, 3.8) is 0 Å². The Morgan fingerprint density at radius 3 is 2.68 bits per heavy atom. The maximum atomic E-state index is 13.2. The van der Waals surface area contributed by atoms with Crippen LogP contribution >= 0.6 is 11.8 Å². The summed E-state index contributed by atoms with van der Waals surface area (Å²) >= 11 is 1.69. The normalized spacial score (nSPS) is 14.0. The molecule has 0 aliphatic carbocycles. The molecule has 2 N–H and O–H groups in total. The van der Waals surface area contributed by atoms with Crippen molar-refractivity contribution in [2.45, 2.75) is 37.8 Å². The predicted molar refractivity (Wildman–Crippen MR) is 95.0 cm³/mol. The van der Waals surface area contributed by atoms with Crippen molar-refractivity contribution >= 4 is 29.4 Å². The van der Waals surface area contributed by atoms with Crippen molar-refractivity contribution in [1.29, 1.82) is 0 Å². The summed E-state index contributed by atoms with van der Waals surface area (Å²) in [5.41, 5.74) is 2.39. The second kappa shape index (κ2) is 7.26. The van der Waals surface area contributed by atoms with Crippen molar-refractivity contribution in [2.75, 3.05) is 5.32 Å². The molecule has 8 heteroatoms. The maximum absolute atomic E-state index is 13.2. The molecule has 132 valence electrons. The van der Waals surface area contributed by atoms with Gasteiger partial charge in [-0.2, -0.15) is 16.9 Å². The summed E-state index contributed by atoms with van der Waals surface area (Å²) in [5.74, 6) is 0.155. The van der Waals surface area contributed by atoms with Gasteiger partial charge in [-0.05, 0) is 37.6 Å². The number of hydrogen-bond acceptors (Lipinski definition) is 4. The van der Waals surface area contributed by atoms with E-state index in [9.17, 15) is 14.0 Å². The average Bonchev–Trinajstić information content (AvgIpc) is 3.18. The van der Waals surface area contributed by atoms with Crippen LogP contribution in [0.5, 0.6) is 0 Å². The van der Waals surface area contributed by atoms with Crippen LogP contribution < -0.4 is 10.6 Å². The summed E-state index contributed by atoms with van der Waals surface area (Å²) in [6.45, 7) is 3.76. The summed E-state index contributed by atoms with van der Waals surface area (Å²) in [6.07, 6.45) is 0.735. The Kier molecular flexibility index (Phi) is 5.08. The summed E-state index contributed by atoms with van der Waals surface area (Å²) in [6, 6.07) is 5.75.